The molecule has 0 unspecified atom stereocenters. The molecule has 0 spiro atoms. The molecule has 0 N–H and O–H groups in total. The molecule has 20 heavy (non-hydrogen) atoms. The van der Waals surface area contributed by atoms with E-state index < -0.39 is 0 Å². The maximum atomic E-state index is 3.78. The van der Waals surface area contributed by atoms with Crippen LogP contribution in [0, 0.1) is 0 Å². The zero-order chi connectivity index (χ0) is 15.6. The van der Waals surface area contributed by atoms with Crippen molar-refractivity contribution in [3.05, 3.63) is 84.6 Å². The van der Waals surface area contributed by atoms with Crippen molar-refractivity contribution in [2.75, 3.05) is 0 Å². The van der Waals surface area contributed by atoms with E-state index in [-0.39, 0.29) is 0 Å². The topological polar surface area (TPSA) is 0 Å². The largest absolute Gasteiger partial charge is 0.0959 e. The number of hydrogen-bond donors (Lipinski definition) is 0. The Labute approximate surface area is 126 Å². The van der Waals surface area contributed by atoms with Crippen molar-refractivity contribution in [3.63, 3.8) is 0 Å². The highest BCUT2D eigenvalue weighted by Gasteiger charge is 1.75. The minimum absolute atomic E-state index is 1.06. The SMILES string of the molecule is C=C(/C=C\C)CC.C\C=C/C=C\C=C(C)\C=C\C=C\C. The van der Waals surface area contributed by atoms with Crippen LogP contribution < -0.4 is 0 Å². The predicted octanol–water partition coefficient (Wildman–Crippen LogP) is 6.73. The molecular formula is C20H30. The monoisotopic (exact) mass is 270 g/mol. The molecule has 0 aromatic rings. The van der Waals surface area contributed by atoms with Gasteiger partial charge in [-0.1, -0.05) is 91.5 Å². The molecule has 0 aliphatic heterocycles. The van der Waals surface area contributed by atoms with Crippen LogP contribution in [0.5, 0.6) is 0 Å². The molecular weight excluding hydrogens is 240 g/mol. The van der Waals surface area contributed by atoms with Gasteiger partial charge in [-0.2, -0.15) is 0 Å². The molecule has 0 saturated carbocycles. The molecule has 0 rings (SSSR count). The van der Waals surface area contributed by atoms with Crippen LogP contribution in [0.1, 0.15) is 41.0 Å². The van der Waals surface area contributed by atoms with Gasteiger partial charge in [-0.15, -0.1) is 0 Å². The van der Waals surface area contributed by atoms with Crippen molar-refractivity contribution in [3.8, 4) is 0 Å². The average Bonchev–Trinajstić information content (AvgIpc) is 2.45. The molecule has 0 nitrogen and oxygen atoms in total. The first-order valence-corrected chi connectivity index (χ1v) is 7.18. The summed E-state index contributed by atoms with van der Waals surface area (Å²) in [5, 5.41) is 0. The van der Waals surface area contributed by atoms with Gasteiger partial charge in [-0.05, 0) is 34.1 Å². The fourth-order valence-corrected chi connectivity index (χ4v) is 1.11. The van der Waals surface area contributed by atoms with Gasteiger partial charge in [0.15, 0.2) is 0 Å². The third-order valence-corrected chi connectivity index (χ3v) is 2.29. The maximum absolute atomic E-state index is 3.78. The van der Waals surface area contributed by atoms with E-state index in [2.05, 4.69) is 32.6 Å². The van der Waals surface area contributed by atoms with E-state index in [0.717, 1.165) is 6.42 Å². The molecule has 0 aliphatic carbocycles. The molecule has 0 fully saturated rings. The normalized spacial score (nSPS) is 12.9. The minimum Gasteiger partial charge on any atom is -0.0959 e. The summed E-state index contributed by atoms with van der Waals surface area (Å²) < 4.78 is 0. The maximum Gasteiger partial charge on any atom is -0.0313 e. The van der Waals surface area contributed by atoms with Crippen LogP contribution in [0.2, 0.25) is 0 Å². The zero-order valence-electron chi connectivity index (χ0n) is 13.8. The van der Waals surface area contributed by atoms with Crippen LogP contribution in [0.15, 0.2) is 84.6 Å². The summed E-state index contributed by atoms with van der Waals surface area (Å²) in [6.07, 6.45) is 23.4. The van der Waals surface area contributed by atoms with Gasteiger partial charge in [0.05, 0.1) is 0 Å². The lowest BCUT2D eigenvalue weighted by molar-refractivity contribution is 1.16. The molecule has 110 valence electrons. The molecule has 0 aliphatic rings. The van der Waals surface area contributed by atoms with E-state index in [9.17, 15) is 0 Å². The first-order chi connectivity index (χ1) is 9.62. The molecule has 0 radical (unpaired) electrons. The van der Waals surface area contributed by atoms with Crippen molar-refractivity contribution in [2.45, 2.75) is 41.0 Å². The standard InChI is InChI=1S/C13H18.C7H12/c1-4-6-8-10-12-13(3)11-9-7-5-2;1-4-6-7(3)5-2/h4-12H,1-3H3;4,6H,3,5H2,1-2H3/b6-4-,7-5+,10-8-,11-9+,13-12+;6-4-. The second-order valence-electron chi connectivity index (χ2n) is 4.22. The highest BCUT2D eigenvalue weighted by molar-refractivity contribution is 5.25. The molecule has 0 saturated heterocycles. The van der Waals surface area contributed by atoms with Crippen LogP contribution in [-0.2, 0) is 0 Å². The van der Waals surface area contributed by atoms with E-state index in [1.165, 1.54) is 11.1 Å². The fraction of sp³-hybridized carbons (Fsp3) is 0.300. The van der Waals surface area contributed by atoms with Gasteiger partial charge in [0, 0.05) is 0 Å². The third kappa shape index (κ3) is 18.5. The van der Waals surface area contributed by atoms with Gasteiger partial charge in [0.2, 0.25) is 0 Å². The van der Waals surface area contributed by atoms with Crippen molar-refractivity contribution in [2.24, 2.45) is 0 Å². The minimum atomic E-state index is 1.06. The lowest BCUT2D eigenvalue weighted by Gasteiger charge is -1.85. The lowest BCUT2D eigenvalue weighted by atomic mass is 10.2. The summed E-state index contributed by atoms with van der Waals surface area (Å²) in [7, 11) is 0. The second-order valence-corrected chi connectivity index (χ2v) is 4.22. The number of rotatable bonds is 6. The molecule has 0 heterocycles. The molecule has 0 aromatic carbocycles. The quantitative estimate of drug-likeness (QED) is 0.470. The van der Waals surface area contributed by atoms with Gasteiger partial charge in [-0.3, -0.25) is 0 Å². The predicted molar refractivity (Wildman–Crippen MR) is 95.9 cm³/mol. The first kappa shape index (κ1) is 20.5. The van der Waals surface area contributed by atoms with E-state index >= 15 is 0 Å². The first-order valence-electron chi connectivity index (χ1n) is 7.18. The van der Waals surface area contributed by atoms with Crippen LogP contribution in [0.25, 0.3) is 0 Å². The van der Waals surface area contributed by atoms with E-state index in [1.807, 2.05) is 75.5 Å². The molecule has 0 aromatic heterocycles. The molecule has 0 atom stereocenters. The van der Waals surface area contributed by atoms with Crippen molar-refractivity contribution < 1.29 is 0 Å². The average molecular weight is 270 g/mol. The van der Waals surface area contributed by atoms with Crippen molar-refractivity contribution >= 4 is 0 Å². The number of allylic oxidation sites excluding steroid dienone is 13. The van der Waals surface area contributed by atoms with Gasteiger partial charge in [-0.25, -0.2) is 0 Å². The Balaban J connectivity index is 0. The molecule has 0 amide bonds. The Morgan fingerprint density at radius 1 is 0.800 bits per heavy atom. The third-order valence-electron chi connectivity index (χ3n) is 2.29. The Kier molecular flexibility index (Phi) is 17.6. The Hall–Kier alpha value is -1.82. The summed E-state index contributed by atoms with van der Waals surface area (Å²) in [5.74, 6) is 0. The molecule has 0 heteroatoms. The smallest absolute Gasteiger partial charge is 0.0313 e. The van der Waals surface area contributed by atoms with Gasteiger partial charge in [0.25, 0.3) is 0 Å². The fourth-order valence-electron chi connectivity index (χ4n) is 1.11. The highest BCUT2D eigenvalue weighted by atomic mass is 13.8. The van der Waals surface area contributed by atoms with Crippen LogP contribution in [0.3, 0.4) is 0 Å². The number of hydrogen-bond acceptors (Lipinski definition) is 0. The summed E-state index contributed by atoms with van der Waals surface area (Å²) in [6.45, 7) is 14.0. The van der Waals surface area contributed by atoms with Gasteiger partial charge in [0.1, 0.15) is 0 Å². The highest BCUT2D eigenvalue weighted by Crippen LogP contribution is 1.96. The van der Waals surface area contributed by atoms with E-state index in [0.29, 0.717) is 0 Å². The molecule has 0 bridgehead atoms. The van der Waals surface area contributed by atoms with E-state index in [4.69, 9.17) is 0 Å². The van der Waals surface area contributed by atoms with Crippen molar-refractivity contribution in [1.29, 1.82) is 0 Å². The van der Waals surface area contributed by atoms with Gasteiger partial charge >= 0.3 is 0 Å². The summed E-state index contributed by atoms with van der Waals surface area (Å²) in [6, 6.07) is 0. The second kappa shape index (κ2) is 17.2. The summed E-state index contributed by atoms with van der Waals surface area (Å²) in [4.78, 5) is 0. The zero-order valence-corrected chi connectivity index (χ0v) is 13.8. The Morgan fingerprint density at radius 2 is 1.40 bits per heavy atom. The van der Waals surface area contributed by atoms with Crippen molar-refractivity contribution in [1.82, 2.24) is 0 Å². The van der Waals surface area contributed by atoms with Gasteiger partial charge < -0.3 is 0 Å². The summed E-state index contributed by atoms with van der Waals surface area (Å²) >= 11 is 0. The Morgan fingerprint density at radius 3 is 1.85 bits per heavy atom. The van der Waals surface area contributed by atoms with Crippen LogP contribution in [-0.4, -0.2) is 0 Å². The van der Waals surface area contributed by atoms with E-state index in [1.54, 1.807) is 0 Å². The van der Waals surface area contributed by atoms with Crippen LogP contribution in [0.4, 0.5) is 0 Å². The lowest BCUT2D eigenvalue weighted by Crippen LogP contribution is -1.65. The van der Waals surface area contributed by atoms with Crippen LogP contribution >= 0.6 is 0 Å². The summed E-state index contributed by atoms with van der Waals surface area (Å²) in [5.41, 5.74) is 2.45. The Bertz CT molecular complexity index is 396.